The van der Waals surface area contributed by atoms with E-state index in [0.29, 0.717) is 23.0 Å². The van der Waals surface area contributed by atoms with Crippen molar-refractivity contribution in [3.05, 3.63) is 72.1 Å². The SMILES string of the molecule is NC(=O)COc1cccc(NC(=O)c2cc(C3CC3)nn2-c2ccccc2)c1. The molecule has 3 aromatic rings. The Labute approximate surface area is 162 Å². The first-order valence-electron chi connectivity index (χ1n) is 9.08. The highest BCUT2D eigenvalue weighted by atomic mass is 16.5. The highest BCUT2D eigenvalue weighted by Gasteiger charge is 2.29. The molecule has 142 valence electrons. The van der Waals surface area contributed by atoms with Crippen molar-refractivity contribution in [2.45, 2.75) is 18.8 Å². The molecule has 1 saturated carbocycles. The van der Waals surface area contributed by atoms with Gasteiger partial charge in [-0.15, -0.1) is 0 Å². The monoisotopic (exact) mass is 376 g/mol. The van der Waals surface area contributed by atoms with Crippen LogP contribution in [0.25, 0.3) is 5.69 Å². The molecule has 0 aliphatic heterocycles. The first kappa shape index (κ1) is 17.8. The largest absolute Gasteiger partial charge is 0.484 e. The molecule has 28 heavy (non-hydrogen) atoms. The van der Waals surface area contributed by atoms with E-state index in [2.05, 4.69) is 10.4 Å². The van der Waals surface area contributed by atoms with Crippen molar-refractivity contribution in [1.82, 2.24) is 9.78 Å². The summed E-state index contributed by atoms with van der Waals surface area (Å²) < 4.78 is 6.97. The quantitative estimate of drug-likeness (QED) is 0.662. The standard InChI is InChI=1S/C21H20N4O3/c22-20(26)13-28-17-8-4-5-15(11-17)23-21(27)19-12-18(14-9-10-14)24-25(19)16-6-2-1-3-7-16/h1-8,11-12,14H,9-10,13H2,(H2,22,26)(H,23,27). The average molecular weight is 376 g/mol. The zero-order chi connectivity index (χ0) is 19.5. The Morgan fingerprint density at radius 2 is 1.89 bits per heavy atom. The lowest BCUT2D eigenvalue weighted by molar-refractivity contribution is -0.119. The van der Waals surface area contributed by atoms with Crippen molar-refractivity contribution in [2.75, 3.05) is 11.9 Å². The zero-order valence-electron chi connectivity index (χ0n) is 15.2. The van der Waals surface area contributed by atoms with Crippen LogP contribution in [0.2, 0.25) is 0 Å². The molecule has 1 heterocycles. The lowest BCUT2D eigenvalue weighted by atomic mass is 10.2. The molecule has 2 aromatic carbocycles. The lowest BCUT2D eigenvalue weighted by Gasteiger charge is -2.10. The Morgan fingerprint density at radius 3 is 2.61 bits per heavy atom. The smallest absolute Gasteiger partial charge is 0.274 e. The minimum absolute atomic E-state index is 0.219. The summed E-state index contributed by atoms with van der Waals surface area (Å²) in [6, 6.07) is 18.3. The molecule has 0 bridgehead atoms. The second kappa shape index (κ2) is 7.56. The van der Waals surface area contributed by atoms with Crippen molar-refractivity contribution >= 4 is 17.5 Å². The fourth-order valence-corrected chi connectivity index (χ4v) is 2.92. The predicted octanol–water partition coefficient (Wildman–Crippen LogP) is 2.87. The van der Waals surface area contributed by atoms with E-state index in [9.17, 15) is 9.59 Å². The molecule has 0 atom stereocenters. The highest BCUT2D eigenvalue weighted by Crippen LogP contribution is 2.39. The Kier molecular flexibility index (Phi) is 4.80. The number of nitrogens with zero attached hydrogens (tertiary/aromatic N) is 2. The Balaban J connectivity index is 1.58. The summed E-state index contributed by atoms with van der Waals surface area (Å²) in [6.07, 6.45) is 2.21. The van der Waals surface area contributed by atoms with E-state index in [1.54, 1.807) is 28.9 Å². The van der Waals surface area contributed by atoms with E-state index in [4.69, 9.17) is 10.5 Å². The van der Waals surface area contributed by atoms with Gasteiger partial charge in [0.2, 0.25) is 0 Å². The van der Waals surface area contributed by atoms with Crippen molar-refractivity contribution in [2.24, 2.45) is 5.73 Å². The number of primary amides is 1. The molecule has 7 heteroatoms. The van der Waals surface area contributed by atoms with Crippen molar-refractivity contribution in [1.29, 1.82) is 0 Å². The number of hydrogen-bond donors (Lipinski definition) is 2. The van der Waals surface area contributed by atoms with Crippen LogP contribution in [-0.4, -0.2) is 28.2 Å². The van der Waals surface area contributed by atoms with Gasteiger partial charge in [0.15, 0.2) is 6.61 Å². The van der Waals surface area contributed by atoms with Crippen LogP contribution in [0.1, 0.15) is 34.9 Å². The number of rotatable bonds is 7. The van der Waals surface area contributed by atoms with Gasteiger partial charge in [-0.05, 0) is 43.2 Å². The molecular formula is C21H20N4O3. The summed E-state index contributed by atoms with van der Waals surface area (Å²) in [5.41, 5.74) is 7.89. The molecule has 1 aromatic heterocycles. The van der Waals surface area contributed by atoms with Crippen molar-refractivity contribution < 1.29 is 14.3 Å². The summed E-state index contributed by atoms with van der Waals surface area (Å²) in [5, 5.41) is 7.52. The Bertz CT molecular complexity index is 1010. The number of ether oxygens (including phenoxy) is 1. The van der Waals surface area contributed by atoms with E-state index in [1.165, 1.54) is 0 Å². The van der Waals surface area contributed by atoms with Gasteiger partial charge in [0, 0.05) is 17.7 Å². The number of carbonyl (C=O) groups excluding carboxylic acids is 2. The van der Waals surface area contributed by atoms with Crippen LogP contribution in [-0.2, 0) is 4.79 Å². The first-order valence-corrected chi connectivity index (χ1v) is 9.08. The maximum atomic E-state index is 13.0. The van der Waals surface area contributed by atoms with Gasteiger partial charge in [-0.2, -0.15) is 5.10 Å². The van der Waals surface area contributed by atoms with Gasteiger partial charge in [0.05, 0.1) is 11.4 Å². The third-order valence-electron chi connectivity index (χ3n) is 4.43. The zero-order valence-corrected chi connectivity index (χ0v) is 15.2. The molecule has 3 N–H and O–H groups in total. The summed E-state index contributed by atoms with van der Waals surface area (Å²) in [7, 11) is 0. The Hall–Kier alpha value is -3.61. The fraction of sp³-hybridized carbons (Fsp3) is 0.190. The van der Waals surface area contributed by atoms with Gasteiger partial charge >= 0.3 is 0 Å². The molecule has 0 spiro atoms. The third kappa shape index (κ3) is 4.03. The summed E-state index contributed by atoms with van der Waals surface area (Å²) in [6.45, 7) is -0.219. The topological polar surface area (TPSA) is 99.2 Å². The highest BCUT2D eigenvalue weighted by molar-refractivity contribution is 6.03. The lowest BCUT2D eigenvalue weighted by Crippen LogP contribution is -2.20. The van der Waals surface area contributed by atoms with E-state index in [0.717, 1.165) is 24.2 Å². The number of para-hydroxylation sites is 1. The normalized spacial score (nSPS) is 13.1. The summed E-state index contributed by atoms with van der Waals surface area (Å²) in [4.78, 5) is 23.8. The second-order valence-electron chi connectivity index (χ2n) is 6.71. The number of benzene rings is 2. The van der Waals surface area contributed by atoms with Gasteiger partial charge in [-0.3, -0.25) is 9.59 Å². The minimum Gasteiger partial charge on any atom is -0.484 e. The number of aromatic nitrogens is 2. The van der Waals surface area contributed by atoms with Crippen LogP contribution >= 0.6 is 0 Å². The van der Waals surface area contributed by atoms with Gasteiger partial charge in [0.1, 0.15) is 11.4 Å². The van der Waals surface area contributed by atoms with Gasteiger partial charge < -0.3 is 15.8 Å². The molecule has 2 amide bonds. The molecule has 0 radical (unpaired) electrons. The molecule has 1 aliphatic carbocycles. The number of hydrogen-bond acceptors (Lipinski definition) is 4. The predicted molar refractivity (Wildman–Crippen MR) is 105 cm³/mol. The van der Waals surface area contributed by atoms with Crippen LogP contribution < -0.4 is 15.8 Å². The first-order chi connectivity index (χ1) is 13.6. The fourth-order valence-electron chi connectivity index (χ4n) is 2.92. The second-order valence-corrected chi connectivity index (χ2v) is 6.71. The molecule has 0 saturated heterocycles. The van der Waals surface area contributed by atoms with Crippen LogP contribution in [0, 0.1) is 0 Å². The van der Waals surface area contributed by atoms with Crippen LogP contribution in [0.15, 0.2) is 60.7 Å². The number of amides is 2. The van der Waals surface area contributed by atoms with Gasteiger partial charge in [-0.25, -0.2) is 4.68 Å². The molecule has 1 fully saturated rings. The van der Waals surface area contributed by atoms with Crippen molar-refractivity contribution in [3.63, 3.8) is 0 Å². The van der Waals surface area contributed by atoms with Gasteiger partial charge in [0.25, 0.3) is 11.8 Å². The maximum absolute atomic E-state index is 13.0. The number of nitrogens with two attached hydrogens (primary N) is 1. The minimum atomic E-state index is -0.561. The number of anilines is 1. The number of nitrogens with one attached hydrogen (secondary N) is 1. The third-order valence-corrected chi connectivity index (χ3v) is 4.43. The van der Waals surface area contributed by atoms with Crippen molar-refractivity contribution in [3.8, 4) is 11.4 Å². The van der Waals surface area contributed by atoms with Crippen LogP contribution in [0.5, 0.6) is 5.75 Å². The van der Waals surface area contributed by atoms with Crippen LogP contribution in [0.4, 0.5) is 5.69 Å². The Morgan fingerprint density at radius 1 is 1.11 bits per heavy atom. The maximum Gasteiger partial charge on any atom is 0.274 e. The van der Waals surface area contributed by atoms with E-state index >= 15 is 0 Å². The summed E-state index contributed by atoms with van der Waals surface area (Å²) >= 11 is 0. The molecule has 4 rings (SSSR count). The molecule has 1 aliphatic rings. The molecule has 0 unspecified atom stereocenters. The van der Waals surface area contributed by atoms with Gasteiger partial charge in [-0.1, -0.05) is 24.3 Å². The number of carbonyl (C=O) groups is 2. The molecule has 7 nitrogen and oxygen atoms in total. The average Bonchev–Trinajstić information content (AvgIpc) is 3.45. The summed E-state index contributed by atoms with van der Waals surface area (Å²) in [5.74, 6) is 0.0537. The molecular weight excluding hydrogens is 356 g/mol. The van der Waals surface area contributed by atoms with E-state index in [1.807, 2.05) is 36.4 Å². The van der Waals surface area contributed by atoms with E-state index < -0.39 is 5.91 Å². The van der Waals surface area contributed by atoms with Crippen LogP contribution in [0.3, 0.4) is 0 Å². The van der Waals surface area contributed by atoms with E-state index in [-0.39, 0.29) is 12.5 Å².